The Balaban J connectivity index is 1.65. The largest absolute Gasteiger partial charge is 0.344 e. The molecule has 1 aliphatic heterocycles. The van der Waals surface area contributed by atoms with Crippen molar-refractivity contribution in [3.8, 4) is 0 Å². The summed E-state index contributed by atoms with van der Waals surface area (Å²) in [5.41, 5.74) is 2.09. The number of carbonyl (C=O) groups excluding carboxylic acids is 3. The Hall–Kier alpha value is -2.44. The highest BCUT2D eigenvalue weighted by atomic mass is 19.1. The quantitative estimate of drug-likeness (QED) is 0.832. The van der Waals surface area contributed by atoms with Crippen LogP contribution in [-0.2, 0) is 16.0 Å². The lowest BCUT2D eigenvalue weighted by Gasteiger charge is -2.30. The van der Waals surface area contributed by atoms with Crippen LogP contribution in [0.1, 0.15) is 37.7 Å². The summed E-state index contributed by atoms with van der Waals surface area (Å²) in [6.07, 6.45) is 3.96. The minimum atomic E-state index is -0.863. The summed E-state index contributed by atoms with van der Waals surface area (Å²) >= 11 is 0. The van der Waals surface area contributed by atoms with E-state index in [0.717, 1.165) is 24.3 Å². The van der Waals surface area contributed by atoms with Crippen LogP contribution in [0.4, 0.5) is 9.18 Å². The van der Waals surface area contributed by atoms with Crippen LogP contribution in [-0.4, -0.2) is 28.4 Å². The second kappa shape index (κ2) is 5.98. The van der Waals surface area contributed by atoms with Crippen molar-refractivity contribution in [3.63, 3.8) is 0 Å². The van der Waals surface area contributed by atoms with Crippen molar-refractivity contribution < 1.29 is 18.8 Å². The number of imide groups is 1. The van der Waals surface area contributed by atoms with Crippen molar-refractivity contribution in [3.05, 3.63) is 35.6 Å². The zero-order valence-corrected chi connectivity index (χ0v) is 12.6. The highest BCUT2D eigenvalue weighted by Gasteiger charge is 2.52. The van der Waals surface area contributed by atoms with Crippen LogP contribution in [0.2, 0.25) is 0 Å². The van der Waals surface area contributed by atoms with Gasteiger partial charge in [0.05, 0.1) is 6.42 Å². The van der Waals surface area contributed by atoms with Crippen LogP contribution in [0.25, 0.3) is 0 Å². The van der Waals surface area contributed by atoms with Crippen molar-refractivity contribution in [2.45, 2.75) is 44.1 Å². The van der Waals surface area contributed by atoms with Crippen LogP contribution in [0.5, 0.6) is 0 Å². The third-order valence-corrected chi connectivity index (χ3v) is 4.38. The molecular formula is C16H18FN3O3. The Morgan fingerprint density at radius 2 is 1.83 bits per heavy atom. The van der Waals surface area contributed by atoms with Crippen LogP contribution < -0.4 is 10.7 Å². The first-order chi connectivity index (χ1) is 11.0. The topological polar surface area (TPSA) is 78.5 Å². The predicted molar refractivity (Wildman–Crippen MR) is 79.4 cm³/mol. The van der Waals surface area contributed by atoms with Crippen molar-refractivity contribution in [2.24, 2.45) is 0 Å². The average molecular weight is 319 g/mol. The molecule has 1 aliphatic carbocycles. The third kappa shape index (κ3) is 3.04. The van der Waals surface area contributed by atoms with Gasteiger partial charge in [0.15, 0.2) is 0 Å². The number of hydrazine groups is 1. The second-order valence-corrected chi connectivity index (χ2v) is 6.05. The maximum atomic E-state index is 12.9. The molecule has 1 spiro atoms. The molecule has 1 saturated carbocycles. The van der Waals surface area contributed by atoms with Crippen molar-refractivity contribution >= 4 is 17.8 Å². The third-order valence-electron chi connectivity index (χ3n) is 4.38. The first-order valence-electron chi connectivity index (χ1n) is 7.71. The van der Waals surface area contributed by atoms with Gasteiger partial charge in [0, 0.05) is 0 Å². The zero-order valence-electron chi connectivity index (χ0n) is 12.6. The monoisotopic (exact) mass is 319 g/mol. The molecule has 6 nitrogen and oxygen atoms in total. The van der Waals surface area contributed by atoms with Crippen LogP contribution in [0.15, 0.2) is 24.3 Å². The number of hydrogen-bond acceptors (Lipinski definition) is 3. The minimum absolute atomic E-state index is 0.0374. The number of urea groups is 1. The highest BCUT2D eigenvalue weighted by molar-refractivity contribution is 6.08. The lowest BCUT2D eigenvalue weighted by atomic mass is 9.82. The van der Waals surface area contributed by atoms with Crippen molar-refractivity contribution in [2.75, 3.05) is 0 Å². The van der Waals surface area contributed by atoms with Gasteiger partial charge in [-0.15, -0.1) is 0 Å². The first-order valence-corrected chi connectivity index (χ1v) is 7.71. The maximum Gasteiger partial charge on any atom is 0.344 e. The lowest BCUT2D eigenvalue weighted by molar-refractivity contribution is -0.139. The van der Waals surface area contributed by atoms with Gasteiger partial charge in [0.25, 0.3) is 5.91 Å². The molecule has 2 N–H and O–H groups in total. The standard InChI is InChI=1S/C16H18FN3O3/c17-12-6-4-11(5-7-12)10-13(21)19-20-14(22)16(18-15(20)23)8-2-1-3-9-16/h4-7H,1-3,8-10H2,(H,18,23)(H,19,21). The first kappa shape index (κ1) is 15.5. The van der Waals surface area contributed by atoms with E-state index in [4.69, 9.17) is 0 Å². The molecule has 0 unspecified atom stereocenters. The molecule has 2 fully saturated rings. The van der Waals surface area contributed by atoms with E-state index in [2.05, 4.69) is 10.7 Å². The van der Waals surface area contributed by atoms with E-state index in [1.165, 1.54) is 24.3 Å². The molecule has 2 aliphatic rings. The molecule has 7 heteroatoms. The SMILES string of the molecule is O=C(Cc1ccc(F)cc1)NN1C(=O)NC2(CCCCC2)C1=O. The molecule has 23 heavy (non-hydrogen) atoms. The zero-order chi connectivity index (χ0) is 16.4. The van der Waals surface area contributed by atoms with Gasteiger partial charge in [-0.2, -0.15) is 5.01 Å². The van der Waals surface area contributed by atoms with Gasteiger partial charge in [-0.1, -0.05) is 31.4 Å². The molecule has 3 rings (SSSR count). The molecule has 1 heterocycles. The van der Waals surface area contributed by atoms with E-state index in [1.807, 2.05) is 0 Å². The van der Waals surface area contributed by atoms with E-state index in [9.17, 15) is 18.8 Å². The molecule has 0 aromatic heterocycles. The van der Waals surface area contributed by atoms with Gasteiger partial charge in [-0.05, 0) is 30.5 Å². The fraction of sp³-hybridized carbons (Fsp3) is 0.438. The molecular weight excluding hydrogens is 301 g/mol. The number of nitrogens with zero attached hydrogens (tertiary/aromatic N) is 1. The van der Waals surface area contributed by atoms with E-state index < -0.39 is 23.4 Å². The van der Waals surface area contributed by atoms with Crippen LogP contribution in [0, 0.1) is 5.82 Å². The van der Waals surface area contributed by atoms with E-state index in [1.54, 1.807) is 0 Å². The fourth-order valence-corrected chi connectivity index (χ4v) is 3.17. The van der Waals surface area contributed by atoms with Gasteiger partial charge in [0.1, 0.15) is 11.4 Å². The van der Waals surface area contributed by atoms with Gasteiger partial charge in [-0.3, -0.25) is 15.0 Å². The number of nitrogens with one attached hydrogen (secondary N) is 2. The van der Waals surface area contributed by atoms with E-state index in [-0.39, 0.29) is 12.2 Å². The summed E-state index contributed by atoms with van der Waals surface area (Å²) < 4.78 is 12.9. The molecule has 0 atom stereocenters. The Bertz CT molecular complexity index is 638. The highest BCUT2D eigenvalue weighted by Crippen LogP contribution is 2.32. The van der Waals surface area contributed by atoms with Crippen molar-refractivity contribution in [1.82, 2.24) is 15.8 Å². The molecule has 1 saturated heterocycles. The smallest absolute Gasteiger partial charge is 0.322 e. The number of halogens is 1. The molecule has 0 bridgehead atoms. The summed E-state index contributed by atoms with van der Waals surface area (Å²) in [6, 6.07) is 4.90. The molecule has 4 amide bonds. The maximum absolute atomic E-state index is 12.9. The number of carbonyl (C=O) groups is 3. The van der Waals surface area contributed by atoms with E-state index >= 15 is 0 Å². The number of hydrogen-bond donors (Lipinski definition) is 2. The van der Waals surface area contributed by atoms with Crippen LogP contribution >= 0.6 is 0 Å². The lowest BCUT2D eigenvalue weighted by Crippen LogP contribution is -2.51. The predicted octanol–water partition coefficient (Wildman–Crippen LogP) is 1.65. The van der Waals surface area contributed by atoms with E-state index in [0.29, 0.717) is 18.4 Å². The Labute approximate surface area is 133 Å². The summed E-state index contributed by atoms with van der Waals surface area (Å²) in [7, 11) is 0. The average Bonchev–Trinajstić information content (AvgIpc) is 2.75. The number of rotatable bonds is 3. The van der Waals surface area contributed by atoms with Gasteiger partial charge in [0.2, 0.25) is 5.91 Å². The Morgan fingerprint density at radius 1 is 1.17 bits per heavy atom. The molecule has 122 valence electrons. The molecule has 1 aromatic rings. The van der Waals surface area contributed by atoms with Gasteiger partial charge in [-0.25, -0.2) is 9.18 Å². The summed E-state index contributed by atoms with van der Waals surface area (Å²) in [5, 5.41) is 3.49. The molecule has 1 aromatic carbocycles. The minimum Gasteiger partial charge on any atom is -0.322 e. The van der Waals surface area contributed by atoms with Gasteiger partial charge >= 0.3 is 6.03 Å². The summed E-state index contributed by atoms with van der Waals surface area (Å²) in [5.74, 6) is -1.27. The number of benzene rings is 1. The summed E-state index contributed by atoms with van der Waals surface area (Å²) in [4.78, 5) is 36.6. The number of amides is 4. The fourth-order valence-electron chi connectivity index (χ4n) is 3.17. The van der Waals surface area contributed by atoms with Crippen molar-refractivity contribution in [1.29, 1.82) is 0 Å². The van der Waals surface area contributed by atoms with Gasteiger partial charge < -0.3 is 5.32 Å². The Morgan fingerprint density at radius 3 is 2.48 bits per heavy atom. The summed E-state index contributed by atoms with van der Waals surface area (Å²) in [6.45, 7) is 0. The Kier molecular flexibility index (Phi) is 4.02. The normalized spacial score (nSPS) is 19.8. The second-order valence-electron chi connectivity index (χ2n) is 6.05. The van der Waals surface area contributed by atoms with Crippen LogP contribution in [0.3, 0.4) is 0 Å². The molecule has 0 radical (unpaired) electrons.